The van der Waals surface area contributed by atoms with Crippen molar-refractivity contribution in [1.82, 2.24) is 35.2 Å². The Kier molecular flexibility index (Phi) is 3.87. The zero-order valence-corrected chi connectivity index (χ0v) is 12.1. The van der Waals surface area contributed by atoms with Crippen molar-refractivity contribution in [3.05, 3.63) is 42.1 Å². The number of carbonyl (C=O) groups excluding carboxylic acids is 1. The second-order valence-electron chi connectivity index (χ2n) is 4.49. The zero-order valence-electron chi connectivity index (χ0n) is 12.1. The van der Waals surface area contributed by atoms with E-state index in [0.717, 1.165) is 0 Å². The lowest BCUT2D eigenvalue weighted by atomic mass is 10.3. The van der Waals surface area contributed by atoms with Crippen LogP contribution in [0.4, 0.5) is 5.82 Å². The van der Waals surface area contributed by atoms with Crippen LogP contribution < -0.4 is 5.73 Å². The maximum absolute atomic E-state index is 11.3. The van der Waals surface area contributed by atoms with E-state index in [1.165, 1.54) is 24.3 Å². The van der Waals surface area contributed by atoms with Crippen molar-refractivity contribution in [3.63, 3.8) is 0 Å². The number of aromatic nitrogens is 7. The van der Waals surface area contributed by atoms with Gasteiger partial charge >= 0.3 is 5.97 Å². The van der Waals surface area contributed by atoms with Crippen molar-refractivity contribution in [2.24, 2.45) is 0 Å². The fourth-order valence-electron chi connectivity index (χ4n) is 1.75. The highest BCUT2D eigenvalue weighted by molar-refractivity contribution is 5.88. The molecule has 10 heteroatoms. The van der Waals surface area contributed by atoms with Gasteiger partial charge in [-0.2, -0.15) is 4.80 Å². The molecule has 2 N–H and O–H groups in total. The van der Waals surface area contributed by atoms with Gasteiger partial charge in [-0.05, 0) is 17.3 Å². The molecule has 0 unspecified atom stereocenters. The van der Waals surface area contributed by atoms with Crippen LogP contribution in [0.3, 0.4) is 0 Å². The molecule has 3 aromatic rings. The predicted octanol–water partition coefficient (Wildman–Crippen LogP) is -0.0578. The predicted molar refractivity (Wildman–Crippen MR) is 77.9 cm³/mol. The molecule has 0 saturated carbocycles. The molecule has 0 fully saturated rings. The molecule has 23 heavy (non-hydrogen) atoms. The maximum atomic E-state index is 11.3. The molecule has 3 heterocycles. The van der Waals surface area contributed by atoms with Gasteiger partial charge in [-0.15, -0.1) is 10.2 Å². The number of rotatable bonds is 4. The molecule has 0 radical (unpaired) electrons. The monoisotopic (exact) mass is 312 g/mol. The topological polar surface area (TPSA) is 135 Å². The van der Waals surface area contributed by atoms with Gasteiger partial charge in [0.2, 0.25) is 5.82 Å². The van der Waals surface area contributed by atoms with Crippen LogP contribution in [0.15, 0.2) is 30.7 Å². The lowest BCUT2D eigenvalue weighted by Gasteiger charge is -2.00. The van der Waals surface area contributed by atoms with E-state index in [0.29, 0.717) is 23.0 Å². The third kappa shape index (κ3) is 3.26. The Morgan fingerprint density at radius 3 is 2.65 bits per heavy atom. The second kappa shape index (κ2) is 6.13. The van der Waals surface area contributed by atoms with Crippen LogP contribution in [0.2, 0.25) is 0 Å². The Hall–Kier alpha value is -3.43. The number of nitrogen functional groups attached to an aromatic ring is 1. The van der Waals surface area contributed by atoms with Crippen LogP contribution in [-0.2, 0) is 11.3 Å². The number of nitrogens with two attached hydrogens (primary N) is 1. The van der Waals surface area contributed by atoms with Crippen LogP contribution >= 0.6 is 0 Å². The van der Waals surface area contributed by atoms with E-state index in [4.69, 9.17) is 5.73 Å². The molecule has 0 aliphatic rings. The third-order valence-corrected chi connectivity index (χ3v) is 2.91. The van der Waals surface area contributed by atoms with E-state index in [-0.39, 0.29) is 12.1 Å². The number of nitrogens with zero attached hydrogens (tertiary/aromatic N) is 7. The van der Waals surface area contributed by atoms with Crippen LogP contribution in [0.1, 0.15) is 16.2 Å². The van der Waals surface area contributed by atoms with Crippen molar-refractivity contribution in [1.29, 1.82) is 0 Å². The molecular formula is C13H12N8O2. The van der Waals surface area contributed by atoms with Crippen LogP contribution in [0.5, 0.6) is 0 Å². The number of carbonyl (C=O) groups is 1. The summed E-state index contributed by atoms with van der Waals surface area (Å²) in [6.45, 7) is 0.219. The van der Waals surface area contributed by atoms with Gasteiger partial charge < -0.3 is 10.5 Å². The summed E-state index contributed by atoms with van der Waals surface area (Å²) < 4.78 is 4.58. The SMILES string of the molecule is COC(=O)c1cnc(Cn2nnc(-c3ccc(N)nc3)n2)nc1. The van der Waals surface area contributed by atoms with Gasteiger partial charge in [-0.1, -0.05) is 0 Å². The van der Waals surface area contributed by atoms with Gasteiger partial charge in [-0.3, -0.25) is 0 Å². The van der Waals surface area contributed by atoms with E-state index in [1.54, 1.807) is 18.3 Å². The van der Waals surface area contributed by atoms with Gasteiger partial charge in [0.05, 0.1) is 12.7 Å². The summed E-state index contributed by atoms with van der Waals surface area (Å²) in [4.78, 5) is 24.8. The van der Waals surface area contributed by atoms with E-state index in [2.05, 4.69) is 35.1 Å². The highest BCUT2D eigenvalue weighted by atomic mass is 16.5. The zero-order chi connectivity index (χ0) is 16.2. The maximum Gasteiger partial charge on any atom is 0.341 e. The average molecular weight is 312 g/mol. The molecule has 3 rings (SSSR count). The number of tetrazole rings is 1. The highest BCUT2D eigenvalue weighted by Crippen LogP contribution is 2.12. The lowest BCUT2D eigenvalue weighted by molar-refractivity contribution is 0.0599. The number of ether oxygens (including phenoxy) is 1. The van der Waals surface area contributed by atoms with Crippen molar-refractivity contribution < 1.29 is 9.53 Å². The van der Waals surface area contributed by atoms with Gasteiger partial charge in [0.25, 0.3) is 0 Å². The molecule has 0 aliphatic heterocycles. The van der Waals surface area contributed by atoms with Crippen molar-refractivity contribution in [2.45, 2.75) is 6.54 Å². The fourth-order valence-corrected chi connectivity index (χ4v) is 1.75. The molecule has 0 spiro atoms. The summed E-state index contributed by atoms with van der Waals surface area (Å²) >= 11 is 0. The summed E-state index contributed by atoms with van der Waals surface area (Å²) in [6, 6.07) is 3.41. The smallest absolute Gasteiger partial charge is 0.341 e. The normalized spacial score (nSPS) is 10.5. The van der Waals surface area contributed by atoms with Crippen LogP contribution in [0, 0.1) is 0 Å². The van der Waals surface area contributed by atoms with E-state index in [1.807, 2.05) is 0 Å². The molecular weight excluding hydrogens is 300 g/mol. The first-order chi connectivity index (χ1) is 11.2. The summed E-state index contributed by atoms with van der Waals surface area (Å²) in [7, 11) is 1.29. The summed E-state index contributed by atoms with van der Waals surface area (Å²) in [5.74, 6) is 0.787. The first kappa shape index (κ1) is 14.5. The number of anilines is 1. The first-order valence-electron chi connectivity index (χ1n) is 6.54. The molecule has 0 aromatic carbocycles. The summed E-state index contributed by atoms with van der Waals surface area (Å²) in [5, 5.41) is 12.1. The van der Waals surface area contributed by atoms with Gasteiger partial charge in [0, 0.05) is 24.2 Å². The van der Waals surface area contributed by atoms with Crippen LogP contribution in [0.25, 0.3) is 11.4 Å². The van der Waals surface area contributed by atoms with Gasteiger partial charge in [-0.25, -0.2) is 19.7 Å². The fraction of sp³-hybridized carbons (Fsp3) is 0.154. The minimum Gasteiger partial charge on any atom is -0.465 e. The number of hydrogen-bond donors (Lipinski definition) is 1. The van der Waals surface area contributed by atoms with Crippen LogP contribution in [-0.4, -0.2) is 48.2 Å². The Morgan fingerprint density at radius 2 is 2.00 bits per heavy atom. The molecule has 0 aliphatic carbocycles. The van der Waals surface area contributed by atoms with Gasteiger partial charge in [0.15, 0.2) is 5.82 Å². The number of esters is 1. The van der Waals surface area contributed by atoms with E-state index in [9.17, 15) is 4.79 Å². The molecule has 0 saturated heterocycles. The quantitative estimate of drug-likeness (QED) is 0.657. The molecule has 3 aromatic heterocycles. The molecule has 116 valence electrons. The van der Waals surface area contributed by atoms with E-state index < -0.39 is 5.97 Å². The van der Waals surface area contributed by atoms with Gasteiger partial charge in [0.1, 0.15) is 12.4 Å². The summed E-state index contributed by atoms with van der Waals surface area (Å²) in [5.41, 5.74) is 6.51. The highest BCUT2D eigenvalue weighted by Gasteiger charge is 2.10. The first-order valence-corrected chi connectivity index (χ1v) is 6.54. The Labute approximate surface area is 130 Å². The number of methoxy groups -OCH3 is 1. The largest absolute Gasteiger partial charge is 0.465 e. The Bertz CT molecular complexity index is 813. The molecule has 0 atom stereocenters. The minimum absolute atomic E-state index is 0.219. The number of hydrogen-bond acceptors (Lipinski definition) is 9. The lowest BCUT2D eigenvalue weighted by Crippen LogP contribution is -2.09. The number of pyridine rings is 1. The van der Waals surface area contributed by atoms with Crippen molar-refractivity contribution in [3.8, 4) is 11.4 Å². The third-order valence-electron chi connectivity index (χ3n) is 2.91. The van der Waals surface area contributed by atoms with E-state index >= 15 is 0 Å². The Balaban J connectivity index is 1.74. The van der Waals surface area contributed by atoms with Crippen molar-refractivity contribution in [2.75, 3.05) is 12.8 Å². The molecule has 0 amide bonds. The molecule has 10 nitrogen and oxygen atoms in total. The summed E-state index contributed by atoms with van der Waals surface area (Å²) in [6.07, 6.45) is 4.34. The Morgan fingerprint density at radius 1 is 1.22 bits per heavy atom. The molecule has 0 bridgehead atoms. The average Bonchev–Trinajstić information content (AvgIpc) is 3.04. The second-order valence-corrected chi connectivity index (χ2v) is 4.49. The minimum atomic E-state index is -0.492. The standard InChI is InChI=1S/C13H12N8O2/c1-23-13(22)9-5-16-11(17-6-9)7-21-19-12(18-20-21)8-2-3-10(14)15-4-8/h2-6H,7H2,1H3,(H2,14,15). The van der Waals surface area contributed by atoms with Crippen molar-refractivity contribution >= 4 is 11.8 Å².